The summed E-state index contributed by atoms with van der Waals surface area (Å²) in [5.74, 6) is -0.802. The monoisotopic (exact) mass is 512 g/mol. The molecule has 1 saturated heterocycles. The highest BCUT2D eigenvalue weighted by Gasteiger charge is 2.30. The third-order valence-electron chi connectivity index (χ3n) is 6.79. The van der Waals surface area contributed by atoms with E-state index >= 15 is 0 Å². The van der Waals surface area contributed by atoms with Crippen LogP contribution in [0.2, 0.25) is 0 Å². The van der Waals surface area contributed by atoms with E-state index < -0.39 is 21.2 Å². The summed E-state index contributed by atoms with van der Waals surface area (Å²) in [5.41, 5.74) is 8.37. The molecule has 0 aliphatic carbocycles. The molecule has 1 fully saturated rings. The van der Waals surface area contributed by atoms with E-state index in [1.807, 2.05) is 18.5 Å². The lowest BCUT2D eigenvalue weighted by atomic mass is 9.98. The van der Waals surface area contributed by atoms with Crippen molar-refractivity contribution in [1.82, 2.24) is 19.1 Å². The highest BCUT2D eigenvalue weighted by molar-refractivity contribution is 7.89. The molecule has 2 aromatic heterocycles. The Bertz CT molecular complexity index is 1420. The number of nitrogens with zero attached hydrogens (tertiary/aromatic N) is 4. The molecule has 0 spiro atoms. The van der Waals surface area contributed by atoms with Gasteiger partial charge in [-0.3, -0.25) is 14.3 Å². The first-order valence-electron chi connectivity index (χ1n) is 12.0. The first kappa shape index (κ1) is 25.8. The number of rotatable bonds is 7. The van der Waals surface area contributed by atoms with Crippen molar-refractivity contribution in [2.24, 2.45) is 11.7 Å². The molecule has 11 heteroatoms. The number of pyridine rings is 1. The van der Waals surface area contributed by atoms with E-state index in [0.29, 0.717) is 47.5 Å². The molecule has 36 heavy (non-hydrogen) atoms. The number of hydrogen-bond acceptors (Lipinski definition) is 6. The standard InChI is InChI=1S/C25H32N6O4S/c1-15(2)36(34,35)30-11-9-18(10-12-30)14-31-17(4)23(16(3)29-31)28-25(33)20-13-22(24(26)32)27-21-8-6-5-7-19(20)21/h5-8,13,15,18H,9-12,14H2,1-4H3,(H2,26,32)(H,28,33). The van der Waals surface area contributed by atoms with Crippen LogP contribution in [0.4, 0.5) is 5.69 Å². The zero-order valence-corrected chi connectivity index (χ0v) is 21.8. The maximum absolute atomic E-state index is 13.3. The van der Waals surface area contributed by atoms with Crippen LogP contribution >= 0.6 is 0 Å². The Morgan fingerprint density at radius 3 is 2.47 bits per heavy atom. The maximum atomic E-state index is 13.3. The predicted molar refractivity (Wildman–Crippen MR) is 138 cm³/mol. The number of para-hydroxylation sites is 1. The summed E-state index contributed by atoms with van der Waals surface area (Å²) < 4.78 is 28.4. The molecule has 0 bridgehead atoms. The van der Waals surface area contributed by atoms with Gasteiger partial charge in [0.15, 0.2) is 0 Å². The van der Waals surface area contributed by atoms with Gasteiger partial charge in [0.1, 0.15) is 5.69 Å². The Kier molecular flexibility index (Phi) is 7.14. The van der Waals surface area contributed by atoms with Gasteiger partial charge in [0.05, 0.1) is 33.4 Å². The maximum Gasteiger partial charge on any atom is 0.267 e. The summed E-state index contributed by atoms with van der Waals surface area (Å²) in [4.78, 5) is 29.3. The third kappa shape index (κ3) is 4.98. The van der Waals surface area contributed by atoms with Gasteiger partial charge < -0.3 is 11.1 Å². The second-order valence-corrected chi connectivity index (χ2v) is 12.0. The van der Waals surface area contributed by atoms with Crippen molar-refractivity contribution >= 4 is 38.4 Å². The molecule has 1 aliphatic heterocycles. The summed E-state index contributed by atoms with van der Waals surface area (Å²) in [5, 5.41) is 7.79. The number of carbonyl (C=O) groups is 2. The number of aryl methyl sites for hydroxylation is 1. The minimum atomic E-state index is -3.24. The number of benzene rings is 1. The Morgan fingerprint density at radius 1 is 1.17 bits per heavy atom. The Labute approximate surface area is 210 Å². The van der Waals surface area contributed by atoms with Gasteiger partial charge in [0, 0.05) is 25.0 Å². The van der Waals surface area contributed by atoms with E-state index in [1.54, 1.807) is 42.4 Å². The molecule has 1 aromatic carbocycles. The molecular formula is C25H32N6O4S. The van der Waals surface area contributed by atoms with Gasteiger partial charge in [0.25, 0.3) is 11.8 Å². The number of primary amides is 1. The van der Waals surface area contributed by atoms with Crippen LogP contribution in [0, 0.1) is 19.8 Å². The smallest absolute Gasteiger partial charge is 0.267 e. The molecule has 3 heterocycles. The van der Waals surface area contributed by atoms with Crippen molar-refractivity contribution in [3.63, 3.8) is 0 Å². The zero-order chi connectivity index (χ0) is 26.2. The predicted octanol–water partition coefficient (Wildman–Crippen LogP) is 2.85. The third-order valence-corrected chi connectivity index (χ3v) is 9.07. The van der Waals surface area contributed by atoms with Gasteiger partial charge in [-0.1, -0.05) is 18.2 Å². The van der Waals surface area contributed by atoms with Crippen molar-refractivity contribution < 1.29 is 18.0 Å². The normalized spacial score (nSPS) is 15.5. The molecule has 2 amide bonds. The average molecular weight is 513 g/mol. The lowest BCUT2D eigenvalue weighted by Gasteiger charge is -2.32. The Hall–Kier alpha value is -3.31. The summed E-state index contributed by atoms with van der Waals surface area (Å²) in [6.07, 6.45) is 1.51. The van der Waals surface area contributed by atoms with E-state index in [4.69, 9.17) is 5.73 Å². The van der Waals surface area contributed by atoms with Crippen molar-refractivity contribution in [3.8, 4) is 0 Å². The summed E-state index contributed by atoms with van der Waals surface area (Å²) >= 11 is 0. The fourth-order valence-electron chi connectivity index (χ4n) is 4.61. The quantitative estimate of drug-likeness (QED) is 0.499. The number of anilines is 1. The fourth-order valence-corrected chi connectivity index (χ4v) is 5.93. The molecule has 192 valence electrons. The van der Waals surface area contributed by atoms with Crippen molar-refractivity contribution in [1.29, 1.82) is 0 Å². The Morgan fingerprint density at radius 2 is 1.83 bits per heavy atom. The number of piperidine rings is 1. The summed E-state index contributed by atoms with van der Waals surface area (Å²) in [6.45, 7) is 8.79. The highest BCUT2D eigenvalue weighted by atomic mass is 32.2. The second-order valence-electron chi connectivity index (χ2n) is 9.55. The van der Waals surface area contributed by atoms with Crippen LogP contribution in [0.25, 0.3) is 10.9 Å². The topological polar surface area (TPSA) is 140 Å². The number of carbonyl (C=O) groups excluding carboxylic acids is 2. The lowest BCUT2D eigenvalue weighted by Crippen LogP contribution is -2.42. The molecule has 10 nitrogen and oxygen atoms in total. The highest BCUT2D eigenvalue weighted by Crippen LogP contribution is 2.27. The molecule has 0 radical (unpaired) electrons. The van der Waals surface area contributed by atoms with Crippen LogP contribution in [-0.2, 0) is 16.6 Å². The van der Waals surface area contributed by atoms with E-state index in [9.17, 15) is 18.0 Å². The van der Waals surface area contributed by atoms with Crippen LogP contribution in [0.5, 0.6) is 0 Å². The number of aromatic nitrogens is 3. The van der Waals surface area contributed by atoms with E-state index in [-0.39, 0.29) is 17.5 Å². The van der Waals surface area contributed by atoms with Crippen LogP contribution in [0.1, 0.15) is 58.9 Å². The van der Waals surface area contributed by atoms with Crippen molar-refractivity contribution in [2.75, 3.05) is 18.4 Å². The van der Waals surface area contributed by atoms with Gasteiger partial charge in [-0.15, -0.1) is 0 Å². The van der Waals surface area contributed by atoms with Crippen LogP contribution in [0.15, 0.2) is 30.3 Å². The summed E-state index contributed by atoms with van der Waals surface area (Å²) in [7, 11) is -3.24. The molecule has 0 saturated carbocycles. The number of nitrogens with two attached hydrogens (primary N) is 1. The van der Waals surface area contributed by atoms with E-state index in [0.717, 1.165) is 18.5 Å². The lowest BCUT2D eigenvalue weighted by molar-refractivity contribution is 0.0996. The fraction of sp³-hybridized carbons (Fsp3) is 0.440. The molecule has 3 aromatic rings. The van der Waals surface area contributed by atoms with E-state index in [1.165, 1.54) is 6.07 Å². The molecular weight excluding hydrogens is 480 g/mol. The largest absolute Gasteiger partial charge is 0.364 e. The number of nitrogens with one attached hydrogen (secondary N) is 1. The average Bonchev–Trinajstić information content (AvgIpc) is 3.10. The molecule has 0 atom stereocenters. The number of amides is 2. The number of sulfonamides is 1. The summed E-state index contributed by atoms with van der Waals surface area (Å²) in [6, 6.07) is 8.50. The van der Waals surface area contributed by atoms with Crippen molar-refractivity contribution in [3.05, 3.63) is 53.0 Å². The van der Waals surface area contributed by atoms with Gasteiger partial charge in [0.2, 0.25) is 10.0 Å². The van der Waals surface area contributed by atoms with Crippen LogP contribution in [0.3, 0.4) is 0 Å². The zero-order valence-electron chi connectivity index (χ0n) is 21.0. The van der Waals surface area contributed by atoms with Gasteiger partial charge >= 0.3 is 0 Å². The first-order valence-corrected chi connectivity index (χ1v) is 13.5. The van der Waals surface area contributed by atoms with E-state index in [2.05, 4.69) is 15.4 Å². The Balaban J connectivity index is 1.52. The van der Waals surface area contributed by atoms with Crippen LogP contribution in [-0.4, -0.2) is 57.6 Å². The molecule has 4 rings (SSSR count). The number of hydrogen-bond donors (Lipinski definition) is 2. The number of fused-ring (bicyclic) bond motifs is 1. The molecule has 3 N–H and O–H groups in total. The minimum absolute atomic E-state index is 0.0220. The van der Waals surface area contributed by atoms with Gasteiger partial charge in [-0.05, 0) is 58.6 Å². The first-order chi connectivity index (χ1) is 17.0. The van der Waals surface area contributed by atoms with Crippen molar-refractivity contribution in [2.45, 2.75) is 52.3 Å². The molecule has 1 aliphatic rings. The van der Waals surface area contributed by atoms with Gasteiger partial charge in [-0.2, -0.15) is 5.10 Å². The van der Waals surface area contributed by atoms with Gasteiger partial charge in [-0.25, -0.2) is 17.7 Å². The second kappa shape index (κ2) is 9.98. The van der Waals surface area contributed by atoms with Crippen LogP contribution < -0.4 is 11.1 Å². The minimum Gasteiger partial charge on any atom is -0.364 e. The molecule has 0 unspecified atom stereocenters. The SMILES string of the molecule is Cc1nn(CC2CCN(S(=O)(=O)C(C)C)CC2)c(C)c1NC(=O)c1cc(C(N)=O)nc2ccccc12.